The molecule has 3 fully saturated rings. The van der Waals surface area contributed by atoms with E-state index in [1.54, 1.807) is 23.9 Å². The van der Waals surface area contributed by atoms with Crippen LogP contribution in [0, 0.1) is 5.92 Å². The maximum absolute atomic E-state index is 11.6. The lowest BCUT2D eigenvalue weighted by Gasteiger charge is -2.55. The van der Waals surface area contributed by atoms with Crippen molar-refractivity contribution in [2.24, 2.45) is 5.92 Å². The molecule has 3 rings (SSSR count). The summed E-state index contributed by atoms with van der Waals surface area (Å²) in [6, 6.07) is 0. The van der Waals surface area contributed by atoms with Crippen LogP contribution in [0.2, 0.25) is 0 Å². The Hall–Kier alpha value is -1.06. The first-order chi connectivity index (χ1) is 5.98. The van der Waals surface area contributed by atoms with E-state index in [1.165, 1.54) is 0 Å². The number of fused-ring (bicyclic) bond motifs is 3. The van der Waals surface area contributed by atoms with Crippen LogP contribution in [0.4, 0.5) is 0 Å². The zero-order chi connectivity index (χ0) is 9.80. The van der Waals surface area contributed by atoms with Gasteiger partial charge in [-0.15, -0.1) is 0 Å². The van der Waals surface area contributed by atoms with E-state index in [-0.39, 0.29) is 17.5 Å². The summed E-state index contributed by atoms with van der Waals surface area (Å²) < 4.78 is 0. The maximum Gasteiger partial charge on any atom is 0.236 e. The molecule has 0 atom stereocenters. The van der Waals surface area contributed by atoms with Crippen LogP contribution in [0.15, 0.2) is 0 Å². The molecule has 4 heteroatoms. The standard InChI is InChI=1S/C9H14N2O2/c1-9-5-4-6(7(12)10(9)2)8(13)11(9)3/h6H,4-5H2,1-3H3. The number of amides is 2. The first-order valence-electron chi connectivity index (χ1n) is 4.54. The third-order valence-corrected chi connectivity index (χ3v) is 3.61. The zero-order valence-electron chi connectivity index (χ0n) is 8.20. The Balaban J connectivity index is 2.45. The van der Waals surface area contributed by atoms with Crippen LogP contribution in [0.1, 0.15) is 19.8 Å². The van der Waals surface area contributed by atoms with Crippen molar-refractivity contribution in [1.82, 2.24) is 9.80 Å². The Labute approximate surface area is 77.5 Å². The van der Waals surface area contributed by atoms with Crippen molar-refractivity contribution < 1.29 is 9.59 Å². The molecule has 0 radical (unpaired) electrons. The average Bonchev–Trinajstić information content (AvgIpc) is 2.10. The van der Waals surface area contributed by atoms with E-state index in [0.717, 1.165) is 6.42 Å². The van der Waals surface area contributed by atoms with Crippen LogP contribution in [0.3, 0.4) is 0 Å². The Kier molecular flexibility index (Phi) is 1.47. The topological polar surface area (TPSA) is 40.6 Å². The molecule has 4 nitrogen and oxygen atoms in total. The van der Waals surface area contributed by atoms with E-state index < -0.39 is 5.92 Å². The minimum Gasteiger partial charge on any atom is -0.322 e. The van der Waals surface area contributed by atoms with Gasteiger partial charge in [0.2, 0.25) is 11.8 Å². The fraction of sp³-hybridized carbons (Fsp3) is 0.778. The lowest BCUT2D eigenvalue weighted by Crippen LogP contribution is -2.71. The van der Waals surface area contributed by atoms with Gasteiger partial charge >= 0.3 is 0 Å². The Morgan fingerprint density at radius 1 is 1.23 bits per heavy atom. The molecule has 2 bridgehead atoms. The normalized spacial score (nSPS) is 38.8. The minimum atomic E-state index is -0.406. The van der Waals surface area contributed by atoms with Crippen molar-refractivity contribution in [1.29, 1.82) is 0 Å². The summed E-state index contributed by atoms with van der Waals surface area (Å²) >= 11 is 0. The van der Waals surface area contributed by atoms with Gasteiger partial charge in [-0.1, -0.05) is 0 Å². The van der Waals surface area contributed by atoms with Crippen LogP contribution in [-0.2, 0) is 9.59 Å². The summed E-state index contributed by atoms with van der Waals surface area (Å²) in [4.78, 5) is 26.6. The quantitative estimate of drug-likeness (QED) is 0.496. The van der Waals surface area contributed by atoms with Gasteiger partial charge < -0.3 is 9.80 Å². The van der Waals surface area contributed by atoms with Crippen LogP contribution in [-0.4, -0.2) is 41.4 Å². The van der Waals surface area contributed by atoms with Crippen LogP contribution in [0.25, 0.3) is 0 Å². The van der Waals surface area contributed by atoms with Crippen LogP contribution in [0.5, 0.6) is 0 Å². The van der Waals surface area contributed by atoms with Gasteiger partial charge in [-0.05, 0) is 19.8 Å². The van der Waals surface area contributed by atoms with Gasteiger partial charge in [0.25, 0.3) is 0 Å². The van der Waals surface area contributed by atoms with Gasteiger partial charge in [-0.2, -0.15) is 0 Å². The van der Waals surface area contributed by atoms with E-state index in [9.17, 15) is 9.59 Å². The molecule has 3 aliphatic heterocycles. The maximum atomic E-state index is 11.6. The number of hydrogen-bond acceptors (Lipinski definition) is 2. The number of hydrogen-bond donors (Lipinski definition) is 0. The SMILES string of the molecule is CN1C(=O)C2CCC1(C)N(C)C2=O. The number of piperidine rings is 2. The summed E-state index contributed by atoms with van der Waals surface area (Å²) in [5.74, 6) is -0.439. The fourth-order valence-corrected chi connectivity index (χ4v) is 2.27. The first kappa shape index (κ1) is 8.53. The fourth-order valence-electron chi connectivity index (χ4n) is 2.27. The third kappa shape index (κ3) is 0.806. The van der Waals surface area contributed by atoms with Gasteiger partial charge in [0.1, 0.15) is 11.6 Å². The summed E-state index contributed by atoms with van der Waals surface area (Å²) in [6.45, 7) is 1.94. The zero-order valence-corrected chi connectivity index (χ0v) is 8.20. The predicted molar refractivity (Wildman–Crippen MR) is 46.7 cm³/mol. The molecule has 3 aliphatic rings. The highest BCUT2D eigenvalue weighted by Crippen LogP contribution is 2.39. The van der Waals surface area contributed by atoms with Crippen molar-refractivity contribution in [3.05, 3.63) is 0 Å². The Bertz CT molecular complexity index is 265. The third-order valence-electron chi connectivity index (χ3n) is 3.61. The molecule has 0 N–H and O–H groups in total. The smallest absolute Gasteiger partial charge is 0.236 e. The predicted octanol–water partition coefficient (Wildman–Crippen LogP) is 0.0430. The lowest BCUT2D eigenvalue weighted by atomic mass is 9.81. The average molecular weight is 182 g/mol. The second-order valence-corrected chi connectivity index (χ2v) is 4.10. The molecular weight excluding hydrogens is 168 g/mol. The minimum absolute atomic E-state index is 0.0168. The van der Waals surface area contributed by atoms with Crippen molar-refractivity contribution in [2.75, 3.05) is 14.1 Å². The molecule has 13 heavy (non-hydrogen) atoms. The summed E-state index contributed by atoms with van der Waals surface area (Å²) in [7, 11) is 3.55. The van der Waals surface area contributed by atoms with Crippen LogP contribution >= 0.6 is 0 Å². The highest BCUT2D eigenvalue weighted by Gasteiger charge is 2.54. The molecule has 3 saturated heterocycles. The molecule has 0 aromatic rings. The molecule has 0 aromatic heterocycles. The van der Waals surface area contributed by atoms with Gasteiger partial charge in [0.15, 0.2) is 0 Å². The summed E-state index contributed by atoms with van der Waals surface area (Å²) in [6.07, 6.45) is 1.60. The van der Waals surface area contributed by atoms with Gasteiger partial charge in [-0.3, -0.25) is 9.59 Å². The molecular formula is C9H14N2O2. The van der Waals surface area contributed by atoms with Crippen LogP contribution < -0.4 is 0 Å². The second-order valence-electron chi connectivity index (χ2n) is 4.10. The summed E-state index contributed by atoms with van der Waals surface area (Å²) in [5.41, 5.74) is -0.386. The summed E-state index contributed by atoms with van der Waals surface area (Å²) in [5, 5.41) is 0. The lowest BCUT2D eigenvalue weighted by molar-refractivity contribution is -0.183. The van der Waals surface area contributed by atoms with E-state index in [1.807, 2.05) is 6.92 Å². The van der Waals surface area contributed by atoms with Crippen molar-refractivity contribution in [3.63, 3.8) is 0 Å². The molecule has 72 valence electrons. The van der Waals surface area contributed by atoms with E-state index in [4.69, 9.17) is 0 Å². The number of rotatable bonds is 0. The van der Waals surface area contributed by atoms with Crippen molar-refractivity contribution in [2.45, 2.75) is 25.4 Å². The van der Waals surface area contributed by atoms with Gasteiger partial charge in [0.05, 0.1) is 0 Å². The van der Waals surface area contributed by atoms with E-state index in [0.29, 0.717) is 6.42 Å². The monoisotopic (exact) mass is 182 g/mol. The number of carbonyl (C=O) groups excluding carboxylic acids is 2. The number of carbonyl (C=O) groups is 2. The first-order valence-corrected chi connectivity index (χ1v) is 4.54. The molecule has 0 saturated carbocycles. The molecule has 0 unspecified atom stereocenters. The van der Waals surface area contributed by atoms with Gasteiger partial charge in [-0.25, -0.2) is 0 Å². The van der Waals surface area contributed by atoms with Gasteiger partial charge in [0, 0.05) is 14.1 Å². The van der Waals surface area contributed by atoms with E-state index >= 15 is 0 Å². The molecule has 0 aromatic carbocycles. The molecule has 3 heterocycles. The largest absolute Gasteiger partial charge is 0.322 e. The Morgan fingerprint density at radius 3 is 2.15 bits per heavy atom. The van der Waals surface area contributed by atoms with E-state index in [2.05, 4.69) is 0 Å². The van der Waals surface area contributed by atoms with Crippen molar-refractivity contribution >= 4 is 11.8 Å². The highest BCUT2D eigenvalue weighted by molar-refractivity contribution is 6.03. The Morgan fingerprint density at radius 2 is 1.69 bits per heavy atom. The second kappa shape index (κ2) is 2.25. The molecule has 0 spiro atoms. The highest BCUT2D eigenvalue weighted by atomic mass is 16.2. The van der Waals surface area contributed by atoms with Crippen molar-refractivity contribution in [3.8, 4) is 0 Å². The number of nitrogens with zero attached hydrogens (tertiary/aromatic N) is 2. The molecule has 0 aliphatic carbocycles. The molecule has 2 amide bonds.